The van der Waals surface area contributed by atoms with Crippen LogP contribution >= 0.6 is 0 Å². The van der Waals surface area contributed by atoms with Gasteiger partial charge in [-0.25, -0.2) is 0 Å². The predicted octanol–water partition coefficient (Wildman–Crippen LogP) is 0.957. The number of β-amino-alcohol motifs (C(OH)–C–C–N with tert-alkyl or cyclic N) is 1. The first-order valence-corrected chi connectivity index (χ1v) is 8.42. The minimum absolute atomic E-state index is 0.189. The second-order valence-corrected chi connectivity index (χ2v) is 6.74. The molecule has 124 valence electrons. The maximum absolute atomic E-state index is 10.0. The standard InChI is InChI=1S/C16H32N2O3/c1-13(2)21-12-16(19)11-17-6-4-15(5-7-17)18-8-9-20-14(3)10-18/h13-16,19H,4-12H2,1-3H3. The first-order valence-electron chi connectivity index (χ1n) is 8.42. The molecule has 2 aliphatic heterocycles. The second-order valence-electron chi connectivity index (χ2n) is 6.74. The molecule has 0 aromatic rings. The number of morpholine rings is 1. The summed E-state index contributed by atoms with van der Waals surface area (Å²) < 4.78 is 11.1. The van der Waals surface area contributed by atoms with Gasteiger partial charge < -0.3 is 19.5 Å². The normalized spacial score (nSPS) is 28.1. The highest BCUT2D eigenvalue weighted by Gasteiger charge is 2.28. The Labute approximate surface area is 129 Å². The minimum Gasteiger partial charge on any atom is -0.389 e. The summed E-state index contributed by atoms with van der Waals surface area (Å²) in [5, 5.41) is 10.0. The van der Waals surface area contributed by atoms with Crippen molar-refractivity contribution < 1.29 is 14.6 Å². The summed E-state index contributed by atoms with van der Waals surface area (Å²) in [6.45, 7) is 12.5. The van der Waals surface area contributed by atoms with E-state index >= 15 is 0 Å². The van der Waals surface area contributed by atoms with Crippen LogP contribution in [0.25, 0.3) is 0 Å². The van der Waals surface area contributed by atoms with Crippen molar-refractivity contribution in [1.29, 1.82) is 0 Å². The molecule has 21 heavy (non-hydrogen) atoms. The molecule has 0 aliphatic carbocycles. The van der Waals surface area contributed by atoms with Crippen molar-refractivity contribution in [2.24, 2.45) is 0 Å². The fraction of sp³-hybridized carbons (Fsp3) is 1.00. The molecule has 2 unspecified atom stereocenters. The van der Waals surface area contributed by atoms with Crippen molar-refractivity contribution >= 4 is 0 Å². The number of ether oxygens (including phenoxy) is 2. The smallest absolute Gasteiger partial charge is 0.0900 e. The summed E-state index contributed by atoms with van der Waals surface area (Å²) in [4.78, 5) is 4.96. The Hall–Kier alpha value is -0.200. The lowest BCUT2D eigenvalue weighted by atomic mass is 10.0. The van der Waals surface area contributed by atoms with Crippen molar-refractivity contribution in [2.75, 3.05) is 45.9 Å². The summed E-state index contributed by atoms with van der Waals surface area (Å²) in [6.07, 6.45) is 2.59. The van der Waals surface area contributed by atoms with Crippen LogP contribution in [0.1, 0.15) is 33.6 Å². The molecule has 0 radical (unpaired) electrons. The van der Waals surface area contributed by atoms with E-state index in [0.29, 0.717) is 18.8 Å². The Balaban J connectivity index is 1.65. The summed E-state index contributed by atoms with van der Waals surface area (Å²) in [5.74, 6) is 0. The van der Waals surface area contributed by atoms with Gasteiger partial charge in [-0.2, -0.15) is 0 Å². The van der Waals surface area contributed by atoms with Crippen molar-refractivity contribution in [3.05, 3.63) is 0 Å². The number of hydrogen-bond donors (Lipinski definition) is 1. The molecule has 0 aromatic heterocycles. The van der Waals surface area contributed by atoms with Crippen LogP contribution < -0.4 is 0 Å². The number of likely N-dealkylation sites (tertiary alicyclic amines) is 1. The number of nitrogens with zero attached hydrogens (tertiary/aromatic N) is 2. The maximum atomic E-state index is 10.0. The lowest BCUT2D eigenvalue weighted by Crippen LogP contribution is -2.51. The monoisotopic (exact) mass is 300 g/mol. The zero-order valence-corrected chi connectivity index (χ0v) is 13.8. The fourth-order valence-corrected chi connectivity index (χ4v) is 3.30. The third-order valence-electron chi connectivity index (χ3n) is 4.44. The van der Waals surface area contributed by atoms with E-state index < -0.39 is 0 Å². The molecule has 0 spiro atoms. The molecule has 5 nitrogen and oxygen atoms in total. The SMILES string of the molecule is CC(C)OCC(O)CN1CCC(N2CCOC(C)C2)CC1. The lowest BCUT2D eigenvalue weighted by molar-refractivity contribution is -0.0483. The fourth-order valence-electron chi connectivity index (χ4n) is 3.30. The van der Waals surface area contributed by atoms with Gasteiger partial charge >= 0.3 is 0 Å². The molecule has 0 aromatic carbocycles. The zero-order valence-electron chi connectivity index (χ0n) is 13.8. The molecule has 2 fully saturated rings. The Morgan fingerprint density at radius 2 is 1.95 bits per heavy atom. The molecule has 1 N–H and O–H groups in total. The lowest BCUT2D eigenvalue weighted by Gasteiger charge is -2.42. The molecule has 2 atom stereocenters. The first kappa shape index (κ1) is 17.2. The highest BCUT2D eigenvalue weighted by molar-refractivity contribution is 4.83. The van der Waals surface area contributed by atoms with E-state index in [1.807, 2.05) is 13.8 Å². The van der Waals surface area contributed by atoms with Crippen LogP contribution in [0.4, 0.5) is 0 Å². The van der Waals surface area contributed by atoms with Gasteiger partial charge in [0.05, 0.1) is 31.5 Å². The number of aliphatic hydroxyl groups excluding tert-OH is 1. The van der Waals surface area contributed by atoms with Gasteiger partial charge in [-0.05, 0) is 46.7 Å². The van der Waals surface area contributed by atoms with Crippen molar-refractivity contribution in [2.45, 2.75) is 58.0 Å². The average Bonchev–Trinajstić information content (AvgIpc) is 2.46. The van der Waals surface area contributed by atoms with Crippen LogP contribution in [0.3, 0.4) is 0 Å². The second kappa shape index (κ2) is 8.44. The van der Waals surface area contributed by atoms with Crippen LogP contribution in [-0.2, 0) is 9.47 Å². The third kappa shape index (κ3) is 5.83. The van der Waals surface area contributed by atoms with Gasteiger partial charge in [0.25, 0.3) is 0 Å². The Morgan fingerprint density at radius 1 is 1.24 bits per heavy atom. The molecule has 2 heterocycles. The van der Waals surface area contributed by atoms with Gasteiger partial charge in [-0.1, -0.05) is 0 Å². The molecule has 0 saturated carbocycles. The van der Waals surface area contributed by atoms with E-state index in [1.165, 1.54) is 12.8 Å². The van der Waals surface area contributed by atoms with Crippen LogP contribution in [0.15, 0.2) is 0 Å². The van der Waals surface area contributed by atoms with Gasteiger partial charge in [0.2, 0.25) is 0 Å². The maximum Gasteiger partial charge on any atom is 0.0900 e. The summed E-state index contributed by atoms with van der Waals surface area (Å²) in [5.41, 5.74) is 0. The largest absolute Gasteiger partial charge is 0.389 e. The molecule has 2 aliphatic rings. The predicted molar refractivity (Wildman–Crippen MR) is 83.5 cm³/mol. The van der Waals surface area contributed by atoms with Crippen molar-refractivity contribution in [3.63, 3.8) is 0 Å². The first-order chi connectivity index (χ1) is 10.0. The van der Waals surface area contributed by atoms with Crippen LogP contribution in [0.2, 0.25) is 0 Å². The number of rotatable bonds is 6. The third-order valence-corrected chi connectivity index (χ3v) is 4.44. The molecule has 5 heteroatoms. The summed E-state index contributed by atoms with van der Waals surface area (Å²) in [6, 6.07) is 0.691. The highest BCUT2D eigenvalue weighted by atomic mass is 16.5. The highest BCUT2D eigenvalue weighted by Crippen LogP contribution is 2.19. The van der Waals surface area contributed by atoms with Gasteiger partial charge in [-0.3, -0.25) is 4.90 Å². The molecule has 2 saturated heterocycles. The van der Waals surface area contributed by atoms with E-state index in [2.05, 4.69) is 16.7 Å². The Kier molecular flexibility index (Phi) is 6.89. The molecule has 0 amide bonds. The summed E-state index contributed by atoms with van der Waals surface area (Å²) in [7, 11) is 0. The van der Waals surface area contributed by atoms with Gasteiger partial charge in [-0.15, -0.1) is 0 Å². The van der Waals surface area contributed by atoms with E-state index in [0.717, 1.165) is 39.3 Å². The molecular weight excluding hydrogens is 268 g/mol. The van der Waals surface area contributed by atoms with Crippen molar-refractivity contribution in [1.82, 2.24) is 9.80 Å². The van der Waals surface area contributed by atoms with E-state index in [-0.39, 0.29) is 12.2 Å². The van der Waals surface area contributed by atoms with E-state index in [9.17, 15) is 5.11 Å². The Bertz CT molecular complexity index is 293. The van der Waals surface area contributed by atoms with Gasteiger partial charge in [0.15, 0.2) is 0 Å². The Morgan fingerprint density at radius 3 is 2.57 bits per heavy atom. The van der Waals surface area contributed by atoms with Crippen LogP contribution in [0, 0.1) is 0 Å². The van der Waals surface area contributed by atoms with E-state index in [4.69, 9.17) is 9.47 Å². The molecule has 0 bridgehead atoms. The summed E-state index contributed by atoms with van der Waals surface area (Å²) >= 11 is 0. The molecule has 2 rings (SSSR count). The zero-order chi connectivity index (χ0) is 15.2. The molecular formula is C16H32N2O3. The topological polar surface area (TPSA) is 45.2 Å². The number of aliphatic hydroxyl groups is 1. The van der Waals surface area contributed by atoms with Crippen LogP contribution in [-0.4, -0.2) is 85.2 Å². The average molecular weight is 300 g/mol. The quantitative estimate of drug-likeness (QED) is 0.791. The number of piperidine rings is 1. The van der Waals surface area contributed by atoms with Gasteiger partial charge in [0, 0.05) is 25.7 Å². The number of hydrogen-bond acceptors (Lipinski definition) is 5. The van der Waals surface area contributed by atoms with E-state index in [1.54, 1.807) is 0 Å². The minimum atomic E-state index is -0.368. The van der Waals surface area contributed by atoms with Crippen LogP contribution in [0.5, 0.6) is 0 Å². The van der Waals surface area contributed by atoms with Crippen molar-refractivity contribution in [3.8, 4) is 0 Å². The van der Waals surface area contributed by atoms with Gasteiger partial charge in [0.1, 0.15) is 0 Å².